The number of unbranched alkanes of at least 4 members (excludes halogenated alkanes) is 2. The Kier molecular flexibility index (Phi) is 6.22. The first-order valence-corrected chi connectivity index (χ1v) is 9.11. The van der Waals surface area contributed by atoms with Crippen LogP contribution in [0.4, 0.5) is 0 Å². The fraction of sp³-hybridized carbons (Fsp3) is 0.571. The SMILES string of the molecule is C=C(C)COc1cc(C(O)(CCCC)CCCC)cc2c1C(=O)C2. The van der Waals surface area contributed by atoms with Crippen molar-refractivity contribution >= 4 is 5.78 Å². The summed E-state index contributed by atoms with van der Waals surface area (Å²) in [6.07, 6.45) is 6.01. The van der Waals surface area contributed by atoms with E-state index in [2.05, 4.69) is 20.4 Å². The molecule has 0 fully saturated rings. The largest absolute Gasteiger partial charge is 0.488 e. The molecule has 1 aromatic carbocycles. The number of carbonyl (C=O) groups is 1. The Hall–Kier alpha value is -1.61. The Balaban J connectivity index is 2.36. The quantitative estimate of drug-likeness (QED) is 0.618. The molecule has 0 heterocycles. The van der Waals surface area contributed by atoms with Crippen molar-refractivity contribution in [2.24, 2.45) is 0 Å². The van der Waals surface area contributed by atoms with Gasteiger partial charge in [-0.1, -0.05) is 52.2 Å². The van der Waals surface area contributed by atoms with Gasteiger partial charge in [0, 0.05) is 6.42 Å². The first kappa shape index (κ1) is 18.7. The van der Waals surface area contributed by atoms with Crippen molar-refractivity contribution in [3.8, 4) is 5.75 Å². The Morgan fingerprint density at radius 1 is 1.25 bits per heavy atom. The maximum absolute atomic E-state index is 11.9. The number of hydrogen-bond donors (Lipinski definition) is 1. The van der Waals surface area contributed by atoms with Crippen LogP contribution in [0.25, 0.3) is 0 Å². The normalized spacial score (nSPS) is 13.4. The summed E-state index contributed by atoms with van der Waals surface area (Å²) >= 11 is 0. The van der Waals surface area contributed by atoms with Gasteiger partial charge in [-0.25, -0.2) is 0 Å². The number of ketones is 1. The maximum Gasteiger partial charge on any atom is 0.171 e. The summed E-state index contributed by atoms with van der Waals surface area (Å²) in [4.78, 5) is 11.9. The van der Waals surface area contributed by atoms with E-state index in [9.17, 15) is 9.90 Å². The summed E-state index contributed by atoms with van der Waals surface area (Å²) < 4.78 is 5.81. The van der Waals surface area contributed by atoms with Crippen molar-refractivity contribution in [3.63, 3.8) is 0 Å². The van der Waals surface area contributed by atoms with E-state index in [1.165, 1.54) is 0 Å². The molecule has 0 amide bonds. The second-order valence-corrected chi connectivity index (χ2v) is 7.09. The van der Waals surface area contributed by atoms with Gasteiger partial charge in [0.25, 0.3) is 0 Å². The molecule has 132 valence electrons. The standard InChI is InChI=1S/C21H30O3/c1-5-7-9-21(23,10-8-6-2)17-11-16-12-18(22)20(16)19(13-17)24-14-15(3)4/h11,13,23H,3,5-10,12,14H2,1-2,4H3. The van der Waals surface area contributed by atoms with Gasteiger partial charge in [0.05, 0.1) is 11.2 Å². The van der Waals surface area contributed by atoms with Crippen LogP contribution in [0.2, 0.25) is 0 Å². The van der Waals surface area contributed by atoms with E-state index >= 15 is 0 Å². The van der Waals surface area contributed by atoms with Crippen LogP contribution in [0.3, 0.4) is 0 Å². The lowest BCUT2D eigenvalue weighted by Crippen LogP contribution is -2.29. The topological polar surface area (TPSA) is 46.5 Å². The number of rotatable bonds is 10. The van der Waals surface area contributed by atoms with Crippen LogP contribution in [0.1, 0.15) is 80.8 Å². The monoisotopic (exact) mass is 330 g/mol. The van der Waals surface area contributed by atoms with Gasteiger partial charge in [-0.3, -0.25) is 4.79 Å². The number of carbonyl (C=O) groups excluding carboxylic acids is 1. The predicted octanol–water partition coefficient (Wildman–Crippen LogP) is 4.95. The van der Waals surface area contributed by atoms with Gasteiger partial charge >= 0.3 is 0 Å². The molecule has 1 aromatic rings. The van der Waals surface area contributed by atoms with Gasteiger partial charge in [-0.15, -0.1) is 0 Å². The van der Waals surface area contributed by atoms with Crippen molar-refractivity contribution in [2.75, 3.05) is 6.61 Å². The van der Waals surface area contributed by atoms with Crippen molar-refractivity contribution in [1.82, 2.24) is 0 Å². The van der Waals surface area contributed by atoms with Crippen molar-refractivity contribution in [2.45, 2.75) is 71.3 Å². The van der Waals surface area contributed by atoms with Crippen molar-refractivity contribution in [3.05, 3.63) is 41.0 Å². The lowest BCUT2D eigenvalue weighted by atomic mass is 9.78. The third-order valence-corrected chi connectivity index (χ3v) is 4.71. The third kappa shape index (κ3) is 4.07. The van der Waals surface area contributed by atoms with Crippen molar-refractivity contribution in [1.29, 1.82) is 0 Å². The van der Waals surface area contributed by atoms with Crippen LogP contribution in [0.5, 0.6) is 5.75 Å². The highest BCUT2D eigenvalue weighted by molar-refractivity contribution is 6.09. The van der Waals surface area contributed by atoms with Gasteiger partial charge in [0.15, 0.2) is 5.78 Å². The summed E-state index contributed by atoms with van der Waals surface area (Å²) in [5.41, 5.74) is 2.66. The summed E-state index contributed by atoms with van der Waals surface area (Å²) in [5, 5.41) is 11.3. The van der Waals surface area contributed by atoms with Gasteiger partial charge in [-0.2, -0.15) is 0 Å². The van der Waals surface area contributed by atoms with Gasteiger partial charge < -0.3 is 9.84 Å². The first-order chi connectivity index (χ1) is 11.4. The molecule has 0 radical (unpaired) electrons. The molecule has 1 N–H and O–H groups in total. The molecule has 1 aliphatic carbocycles. The molecule has 0 saturated heterocycles. The highest BCUT2D eigenvalue weighted by Crippen LogP contribution is 2.40. The second kappa shape index (κ2) is 7.98. The minimum absolute atomic E-state index is 0.124. The Labute approximate surface area is 145 Å². The maximum atomic E-state index is 11.9. The highest BCUT2D eigenvalue weighted by atomic mass is 16.5. The van der Waals surface area contributed by atoms with Crippen molar-refractivity contribution < 1.29 is 14.6 Å². The van der Waals surface area contributed by atoms with E-state index in [-0.39, 0.29) is 5.78 Å². The number of ether oxygens (including phenoxy) is 1. The number of benzene rings is 1. The Bertz CT molecular complexity index is 608. The summed E-state index contributed by atoms with van der Waals surface area (Å²) in [5.74, 6) is 0.729. The number of aliphatic hydroxyl groups is 1. The molecule has 0 aromatic heterocycles. The second-order valence-electron chi connectivity index (χ2n) is 7.09. The third-order valence-electron chi connectivity index (χ3n) is 4.71. The van der Waals surface area contributed by atoms with E-state index in [1.807, 2.05) is 19.1 Å². The Morgan fingerprint density at radius 2 is 1.88 bits per heavy atom. The number of hydrogen-bond acceptors (Lipinski definition) is 3. The molecule has 3 heteroatoms. The molecule has 1 aliphatic rings. The predicted molar refractivity (Wildman–Crippen MR) is 97.7 cm³/mol. The summed E-state index contributed by atoms with van der Waals surface area (Å²) in [6.45, 7) is 10.4. The zero-order valence-electron chi connectivity index (χ0n) is 15.3. The molecule has 0 atom stereocenters. The van der Waals surface area contributed by atoms with Crippen LogP contribution in [-0.2, 0) is 12.0 Å². The number of Topliss-reactive ketones (excluding diaryl/α,β-unsaturated/α-hetero) is 1. The van der Waals surface area contributed by atoms with E-state index < -0.39 is 5.60 Å². The van der Waals surface area contributed by atoms with Crippen LogP contribution in [0, 0.1) is 0 Å². The summed E-state index contributed by atoms with van der Waals surface area (Å²) in [6, 6.07) is 3.89. The average Bonchev–Trinajstić information content (AvgIpc) is 2.54. The van der Waals surface area contributed by atoms with Crippen LogP contribution in [0.15, 0.2) is 24.3 Å². The Morgan fingerprint density at radius 3 is 2.38 bits per heavy atom. The molecular weight excluding hydrogens is 300 g/mol. The zero-order valence-corrected chi connectivity index (χ0v) is 15.3. The van der Waals surface area contributed by atoms with Gasteiger partial charge in [-0.05, 0) is 42.5 Å². The lowest BCUT2D eigenvalue weighted by Gasteiger charge is -2.32. The zero-order chi connectivity index (χ0) is 17.7. The van der Waals surface area contributed by atoms with E-state index in [0.29, 0.717) is 24.3 Å². The molecule has 0 bridgehead atoms. The van der Waals surface area contributed by atoms with Crippen LogP contribution >= 0.6 is 0 Å². The highest BCUT2D eigenvalue weighted by Gasteiger charge is 2.34. The van der Waals surface area contributed by atoms with Crippen LogP contribution < -0.4 is 4.74 Å². The molecule has 0 unspecified atom stereocenters. The van der Waals surface area contributed by atoms with Gasteiger partial charge in [0.2, 0.25) is 0 Å². The van der Waals surface area contributed by atoms with Gasteiger partial charge in [0.1, 0.15) is 12.4 Å². The van der Waals surface area contributed by atoms with E-state index in [1.54, 1.807) is 0 Å². The molecule has 24 heavy (non-hydrogen) atoms. The fourth-order valence-electron chi connectivity index (χ4n) is 3.22. The molecule has 0 aliphatic heterocycles. The molecule has 0 spiro atoms. The van der Waals surface area contributed by atoms with E-state index in [4.69, 9.17) is 4.74 Å². The molecule has 3 nitrogen and oxygen atoms in total. The lowest BCUT2D eigenvalue weighted by molar-refractivity contribution is 0.0137. The minimum atomic E-state index is -0.832. The smallest absolute Gasteiger partial charge is 0.171 e. The minimum Gasteiger partial charge on any atom is -0.488 e. The molecular formula is C21H30O3. The first-order valence-electron chi connectivity index (χ1n) is 9.11. The van der Waals surface area contributed by atoms with E-state index in [0.717, 1.165) is 55.2 Å². The van der Waals surface area contributed by atoms with Crippen LogP contribution in [-0.4, -0.2) is 17.5 Å². The molecule has 0 saturated carbocycles. The summed E-state index contributed by atoms with van der Waals surface area (Å²) in [7, 11) is 0. The molecule has 2 rings (SSSR count). The number of fused-ring (bicyclic) bond motifs is 1. The fourth-order valence-corrected chi connectivity index (χ4v) is 3.22. The average molecular weight is 330 g/mol.